The van der Waals surface area contributed by atoms with E-state index < -0.39 is 21.5 Å². The van der Waals surface area contributed by atoms with E-state index in [4.69, 9.17) is 23.8 Å². The van der Waals surface area contributed by atoms with Gasteiger partial charge in [0, 0.05) is 30.6 Å². The van der Waals surface area contributed by atoms with Crippen LogP contribution in [0.1, 0.15) is 43.9 Å². The van der Waals surface area contributed by atoms with Crippen LogP contribution in [-0.4, -0.2) is 41.2 Å². The predicted molar refractivity (Wildman–Crippen MR) is 111 cm³/mol. The fourth-order valence-corrected chi connectivity index (χ4v) is 4.79. The van der Waals surface area contributed by atoms with Crippen LogP contribution >= 0.6 is 23.8 Å². The summed E-state index contributed by atoms with van der Waals surface area (Å²) in [4.78, 5) is 12.3. The maximum Gasteiger partial charge on any atom is 0.251 e. The summed E-state index contributed by atoms with van der Waals surface area (Å²) in [6, 6.07) is 4.15. The molecule has 0 spiro atoms. The van der Waals surface area contributed by atoms with Gasteiger partial charge in [0.15, 0.2) is 4.77 Å². The lowest BCUT2D eigenvalue weighted by Gasteiger charge is -2.21. The van der Waals surface area contributed by atoms with Gasteiger partial charge >= 0.3 is 0 Å². The molecule has 28 heavy (non-hydrogen) atoms. The van der Waals surface area contributed by atoms with Crippen molar-refractivity contribution >= 4 is 39.7 Å². The number of aromatic amines is 1. The molecule has 0 aliphatic carbocycles. The van der Waals surface area contributed by atoms with Crippen molar-refractivity contribution in [3.05, 3.63) is 39.4 Å². The number of rotatable bonds is 7. The number of amides is 1. The molecule has 0 bridgehead atoms. The van der Waals surface area contributed by atoms with E-state index in [0.29, 0.717) is 24.3 Å². The molecule has 2 aromatic rings. The number of hydrogen-bond acceptors (Lipinski definition) is 5. The summed E-state index contributed by atoms with van der Waals surface area (Å²) < 4.78 is 30.0. The molecule has 0 fully saturated rings. The second kappa shape index (κ2) is 8.73. The molecule has 8 nitrogen and oxygen atoms in total. The lowest BCUT2D eigenvalue weighted by molar-refractivity contribution is 0.0953. The van der Waals surface area contributed by atoms with Crippen molar-refractivity contribution in [2.75, 3.05) is 6.54 Å². The summed E-state index contributed by atoms with van der Waals surface area (Å²) in [5.41, 5.74) is -0.476. The number of carbonyl (C=O) groups is 1. The number of H-pyrrole nitrogens is 1. The van der Waals surface area contributed by atoms with Crippen molar-refractivity contribution in [1.82, 2.24) is 24.8 Å². The highest BCUT2D eigenvalue weighted by Gasteiger charge is 2.25. The molecular weight excluding hydrogens is 422 g/mol. The van der Waals surface area contributed by atoms with Gasteiger partial charge in [-0.3, -0.25) is 9.89 Å². The maximum atomic E-state index is 12.6. The average Bonchev–Trinajstić information content (AvgIpc) is 2.92. The Balaban J connectivity index is 2.13. The Bertz CT molecular complexity index is 1020. The van der Waals surface area contributed by atoms with Gasteiger partial charge in [-0.2, -0.15) is 5.10 Å². The molecule has 1 heterocycles. The normalized spacial score (nSPS) is 12.2. The summed E-state index contributed by atoms with van der Waals surface area (Å²) in [5, 5.41) is 9.66. The predicted octanol–water partition coefficient (Wildman–Crippen LogP) is 2.66. The van der Waals surface area contributed by atoms with Crippen molar-refractivity contribution in [2.45, 2.75) is 51.1 Å². The van der Waals surface area contributed by atoms with E-state index in [1.165, 1.54) is 18.2 Å². The number of hydrogen-bond donors (Lipinski definition) is 3. The number of carbonyl (C=O) groups excluding carboxylic acids is 1. The minimum atomic E-state index is -3.87. The van der Waals surface area contributed by atoms with Gasteiger partial charge in [0.2, 0.25) is 10.0 Å². The standard InChI is InChI=1S/C17H24ClN5O3S2/c1-5-23-14(20-21-16(23)27)8-9-19-15(24)11-6-7-12(18)13(10-11)28(25,26)22-17(2,3)4/h6-7,10,22H,5,8-9H2,1-4H3,(H,19,24)(H,21,27). The zero-order chi connectivity index (χ0) is 21.1. The smallest absolute Gasteiger partial charge is 0.251 e. The minimum Gasteiger partial charge on any atom is -0.352 e. The number of nitrogens with zero attached hydrogens (tertiary/aromatic N) is 2. The maximum absolute atomic E-state index is 12.6. The Kier molecular flexibility index (Phi) is 7.02. The number of aromatic nitrogens is 3. The van der Waals surface area contributed by atoms with Gasteiger partial charge in [-0.1, -0.05) is 11.6 Å². The third-order valence-corrected chi connectivity index (χ3v) is 6.26. The van der Waals surface area contributed by atoms with Crippen molar-refractivity contribution in [3.63, 3.8) is 0 Å². The molecule has 2 rings (SSSR count). The molecule has 154 valence electrons. The molecule has 1 amide bonds. The first-order valence-corrected chi connectivity index (χ1v) is 11.0. The Morgan fingerprint density at radius 2 is 2.04 bits per heavy atom. The van der Waals surface area contributed by atoms with Crippen LogP contribution in [0.4, 0.5) is 0 Å². The highest BCUT2D eigenvalue weighted by molar-refractivity contribution is 7.89. The van der Waals surface area contributed by atoms with Crippen molar-refractivity contribution < 1.29 is 13.2 Å². The molecule has 0 atom stereocenters. The number of halogens is 1. The molecule has 0 radical (unpaired) electrons. The minimum absolute atomic E-state index is 0.0479. The largest absolute Gasteiger partial charge is 0.352 e. The second-order valence-corrected chi connectivity index (χ2v) is 9.64. The van der Waals surface area contributed by atoms with Crippen LogP contribution in [0.2, 0.25) is 5.02 Å². The Morgan fingerprint density at radius 1 is 1.36 bits per heavy atom. The molecule has 0 aliphatic heterocycles. The van der Waals surface area contributed by atoms with Crippen LogP contribution < -0.4 is 10.0 Å². The molecule has 1 aromatic carbocycles. The Morgan fingerprint density at radius 3 is 2.64 bits per heavy atom. The third-order valence-electron chi connectivity index (χ3n) is 3.71. The molecule has 1 aromatic heterocycles. The van der Waals surface area contributed by atoms with Gasteiger partial charge < -0.3 is 9.88 Å². The first kappa shape index (κ1) is 22.5. The SMILES string of the molecule is CCn1c(CCNC(=O)c2ccc(Cl)c(S(=O)(=O)NC(C)(C)C)c2)n[nH]c1=S. The molecule has 0 unspecified atom stereocenters. The Labute approximate surface area is 174 Å². The Hall–Kier alpha value is -1.75. The first-order valence-electron chi connectivity index (χ1n) is 8.70. The van der Waals surface area contributed by atoms with Gasteiger partial charge in [-0.15, -0.1) is 0 Å². The summed E-state index contributed by atoms with van der Waals surface area (Å²) in [6.45, 7) is 8.12. The van der Waals surface area contributed by atoms with Gasteiger partial charge in [-0.05, 0) is 58.1 Å². The topological polar surface area (TPSA) is 109 Å². The van der Waals surface area contributed by atoms with Gasteiger partial charge in [0.1, 0.15) is 10.7 Å². The quantitative estimate of drug-likeness (QED) is 0.567. The van der Waals surface area contributed by atoms with Gasteiger partial charge in [-0.25, -0.2) is 13.1 Å². The van der Waals surface area contributed by atoms with E-state index in [1.54, 1.807) is 20.8 Å². The number of nitrogens with one attached hydrogen (secondary N) is 3. The van der Waals surface area contributed by atoms with E-state index in [-0.39, 0.29) is 15.5 Å². The van der Waals surface area contributed by atoms with Crippen LogP contribution in [0.3, 0.4) is 0 Å². The molecule has 0 saturated heterocycles. The van der Waals surface area contributed by atoms with Crippen molar-refractivity contribution in [2.24, 2.45) is 0 Å². The zero-order valence-electron chi connectivity index (χ0n) is 16.2. The molecular formula is C17H24ClN5O3S2. The van der Waals surface area contributed by atoms with Crippen molar-refractivity contribution in [3.8, 4) is 0 Å². The fourth-order valence-electron chi connectivity index (χ4n) is 2.57. The van der Waals surface area contributed by atoms with E-state index in [1.807, 2.05) is 11.5 Å². The van der Waals surface area contributed by atoms with E-state index >= 15 is 0 Å². The fraction of sp³-hybridized carbons (Fsp3) is 0.471. The van der Waals surface area contributed by atoms with Crippen LogP contribution in [0, 0.1) is 4.77 Å². The number of benzene rings is 1. The van der Waals surface area contributed by atoms with Crippen LogP contribution in [0.5, 0.6) is 0 Å². The first-order chi connectivity index (χ1) is 12.9. The van der Waals surface area contributed by atoms with E-state index in [0.717, 1.165) is 5.82 Å². The van der Waals surface area contributed by atoms with E-state index in [2.05, 4.69) is 20.2 Å². The monoisotopic (exact) mass is 445 g/mol. The summed E-state index contributed by atoms with van der Waals surface area (Å²) >= 11 is 11.2. The molecule has 0 aliphatic rings. The lowest BCUT2D eigenvalue weighted by Crippen LogP contribution is -2.40. The highest BCUT2D eigenvalue weighted by Crippen LogP contribution is 2.24. The van der Waals surface area contributed by atoms with E-state index in [9.17, 15) is 13.2 Å². The molecule has 0 saturated carbocycles. The molecule has 11 heteroatoms. The summed E-state index contributed by atoms with van der Waals surface area (Å²) in [7, 11) is -3.87. The van der Waals surface area contributed by atoms with Gasteiger partial charge in [0.25, 0.3) is 5.91 Å². The zero-order valence-corrected chi connectivity index (χ0v) is 18.6. The second-order valence-electron chi connectivity index (χ2n) is 7.20. The number of sulfonamides is 1. The van der Waals surface area contributed by atoms with Crippen LogP contribution in [-0.2, 0) is 23.0 Å². The molecule has 3 N–H and O–H groups in total. The van der Waals surface area contributed by atoms with Crippen molar-refractivity contribution in [1.29, 1.82) is 0 Å². The average molecular weight is 446 g/mol. The van der Waals surface area contributed by atoms with Crippen LogP contribution in [0.25, 0.3) is 0 Å². The third kappa shape index (κ3) is 5.63. The lowest BCUT2D eigenvalue weighted by atomic mass is 10.1. The summed E-state index contributed by atoms with van der Waals surface area (Å²) in [6.07, 6.45) is 0.483. The van der Waals surface area contributed by atoms with Crippen LogP contribution in [0.15, 0.2) is 23.1 Å². The summed E-state index contributed by atoms with van der Waals surface area (Å²) in [5.74, 6) is 0.336. The highest BCUT2D eigenvalue weighted by atomic mass is 35.5. The van der Waals surface area contributed by atoms with Gasteiger partial charge in [0.05, 0.1) is 5.02 Å².